The highest BCUT2D eigenvalue weighted by Gasteiger charge is 2.54. The Morgan fingerprint density at radius 1 is 1.28 bits per heavy atom. The van der Waals surface area contributed by atoms with E-state index < -0.39 is 68.5 Å². The molecule has 1 fully saturated rings. The maximum absolute atomic E-state index is 12.0. The van der Waals surface area contributed by atoms with Gasteiger partial charge in [0.2, 0.25) is 0 Å². The third-order valence-corrected chi connectivity index (χ3v) is 4.02. The summed E-state index contributed by atoms with van der Waals surface area (Å²) in [5.41, 5.74) is -0.486. The topological polar surface area (TPSA) is 208 Å². The lowest BCUT2D eigenvalue weighted by atomic mass is 10.1. The standard InChI is InChI=1S/C10H11N4O10P/c15-1-2-5(24-25(20,21)22)4(16)8(23-2)14-6-3(11-10(14)19)7(17)13-9(18)12-6/h2,4-5,8,15-16H,1H2,(H,13,17,18)(H2,20,21,22)/t2-,4-,5-,8-/m1/s1. The number of nitrogens with zero attached hydrogens (tertiary/aromatic N) is 3. The van der Waals surface area contributed by atoms with Crippen LogP contribution in [0.15, 0.2) is 9.98 Å². The molecule has 1 saturated heterocycles. The lowest BCUT2D eigenvalue weighted by Crippen LogP contribution is -2.53. The zero-order valence-corrected chi connectivity index (χ0v) is 12.9. The molecule has 0 aromatic rings. The van der Waals surface area contributed by atoms with Crippen LogP contribution in [0.1, 0.15) is 0 Å². The highest BCUT2D eigenvalue weighted by molar-refractivity contribution is 7.46. The molecule has 0 saturated carbocycles. The normalized spacial score (nSPS) is 32.5. The molecular formula is C10H11N4O10P. The zero-order chi connectivity index (χ0) is 18.5. The van der Waals surface area contributed by atoms with E-state index in [2.05, 4.69) is 14.5 Å². The lowest BCUT2D eigenvalue weighted by Gasteiger charge is -2.26. The molecule has 0 aromatic carbocycles. The number of aliphatic hydroxyl groups is 2. The molecule has 4 atom stereocenters. The first-order valence-electron chi connectivity index (χ1n) is 6.67. The molecule has 0 aliphatic carbocycles. The predicted octanol–water partition coefficient (Wildman–Crippen LogP) is -2.93. The number of aliphatic hydroxyl groups excluding tert-OH is 2. The number of ether oxygens (including phenoxy) is 1. The van der Waals surface area contributed by atoms with E-state index in [4.69, 9.17) is 14.5 Å². The average Bonchev–Trinajstić information content (AvgIpc) is 2.96. The van der Waals surface area contributed by atoms with E-state index in [0.717, 1.165) is 0 Å². The van der Waals surface area contributed by atoms with Crippen molar-refractivity contribution in [2.24, 2.45) is 9.98 Å². The van der Waals surface area contributed by atoms with E-state index in [1.165, 1.54) is 0 Å². The molecule has 5 N–H and O–H groups in total. The third kappa shape index (κ3) is 3.11. The Morgan fingerprint density at radius 3 is 2.56 bits per heavy atom. The zero-order valence-electron chi connectivity index (χ0n) is 12.0. The number of fused-ring (bicyclic) bond motifs is 1. The summed E-state index contributed by atoms with van der Waals surface area (Å²) < 4.78 is 20.6. The predicted molar refractivity (Wildman–Crippen MR) is 74.3 cm³/mol. The van der Waals surface area contributed by atoms with Gasteiger partial charge in [0.15, 0.2) is 17.8 Å². The van der Waals surface area contributed by atoms with Gasteiger partial charge in [-0.15, -0.1) is 0 Å². The monoisotopic (exact) mass is 378 g/mol. The number of carbonyl (C=O) groups excluding carboxylic acids is 3. The second kappa shape index (κ2) is 6.03. The first kappa shape index (κ1) is 17.8. The van der Waals surface area contributed by atoms with Crippen LogP contribution >= 0.6 is 7.82 Å². The van der Waals surface area contributed by atoms with Crippen molar-refractivity contribution >= 4 is 37.3 Å². The Kier molecular flexibility index (Phi) is 4.28. The van der Waals surface area contributed by atoms with E-state index in [1.54, 1.807) is 0 Å². The summed E-state index contributed by atoms with van der Waals surface area (Å²) in [6.07, 6.45) is -6.59. The van der Waals surface area contributed by atoms with Crippen LogP contribution in [0.2, 0.25) is 0 Å². The molecule has 5 amide bonds. The maximum Gasteiger partial charge on any atom is 0.470 e. The Morgan fingerprint density at radius 2 is 1.96 bits per heavy atom. The summed E-state index contributed by atoms with van der Waals surface area (Å²) in [5.74, 6) is -1.48. The van der Waals surface area contributed by atoms with Crippen LogP contribution in [0.25, 0.3) is 0 Å². The van der Waals surface area contributed by atoms with Gasteiger partial charge in [-0.25, -0.2) is 19.1 Å². The minimum atomic E-state index is -5.06. The Hall–Kier alpha value is -2.06. The number of amidine groups is 1. The SMILES string of the molecule is O=C1N=C2C(=NC(=O)N2[C@@H]2O[C@H](CO)[C@@H](OP(=O)(O)O)[C@H]2O)C(=O)N1. The molecule has 14 nitrogen and oxygen atoms in total. The number of aliphatic imine (C=N–C) groups is 2. The van der Waals surface area contributed by atoms with Crippen molar-refractivity contribution in [3.8, 4) is 0 Å². The molecule has 136 valence electrons. The number of hydrogen-bond donors (Lipinski definition) is 5. The van der Waals surface area contributed by atoms with Crippen LogP contribution in [0.4, 0.5) is 9.59 Å². The first-order valence-corrected chi connectivity index (χ1v) is 8.20. The minimum absolute atomic E-state index is 0.486. The largest absolute Gasteiger partial charge is 0.470 e. The van der Waals surface area contributed by atoms with Gasteiger partial charge in [-0.05, 0) is 0 Å². The maximum atomic E-state index is 12.0. The lowest BCUT2D eigenvalue weighted by molar-refractivity contribution is -0.113. The summed E-state index contributed by atoms with van der Waals surface area (Å²) >= 11 is 0. The van der Waals surface area contributed by atoms with Gasteiger partial charge in [0, 0.05) is 0 Å². The van der Waals surface area contributed by atoms with Gasteiger partial charge in [0.05, 0.1) is 6.61 Å². The van der Waals surface area contributed by atoms with Crippen molar-refractivity contribution in [3.63, 3.8) is 0 Å². The van der Waals surface area contributed by atoms with Gasteiger partial charge in [-0.1, -0.05) is 0 Å². The van der Waals surface area contributed by atoms with Gasteiger partial charge in [-0.2, -0.15) is 9.98 Å². The van der Waals surface area contributed by atoms with Crippen molar-refractivity contribution in [2.45, 2.75) is 24.5 Å². The van der Waals surface area contributed by atoms with Crippen LogP contribution in [0.5, 0.6) is 0 Å². The number of imide groups is 1. The van der Waals surface area contributed by atoms with Crippen LogP contribution in [0.3, 0.4) is 0 Å². The van der Waals surface area contributed by atoms with E-state index >= 15 is 0 Å². The van der Waals surface area contributed by atoms with Gasteiger partial charge in [-0.3, -0.25) is 14.6 Å². The van der Waals surface area contributed by atoms with E-state index in [1.807, 2.05) is 5.32 Å². The molecule has 0 aromatic heterocycles. The molecular weight excluding hydrogens is 367 g/mol. The number of amides is 5. The van der Waals surface area contributed by atoms with Gasteiger partial charge < -0.3 is 24.7 Å². The van der Waals surface area contributed by atoms with Crippen molar-refractivity contribution in [2.75, 3.05) is 6.61 Å². The molecule has 3 rings (SSSR count). The summed E-state index contributed by atoms with van der Waals surface area (Å²) in [4.78, 5) is 60.2. The second-order valence-corrected chi connectivity index (χ2v) is 6.30. The van der Waals surface area contributed by atoms with Crippen LogP contribution in [-0.2, 0) is 18.6 Å². The second-order valence-electron chi connectivity index (χ2n) is 5.11. The molecule has 0 radical (unpaired) electrons. The molecule has 25 heavy (non-hydrogen) atoms. The van der Waals surface area contributed by atoms with E-state index in [-0.39, 0.29) is 0 Å². The molecule has 0 bridgehead atoms. The van der Waals surface area contributed by atoms with Crippen molar-refractivity contribution < 1.29 is 48.2 Å². The van der Waals surface area contributed by atoms with Gasteiger partial charge in [0.25, 0.3) is 5.91 Å². The average molecular weight is 378 g/mol. The molecule has 3 aliphatic rings. The van der Waals surface area contributed by atoms with Crippen LogP contribution < -0.4 is 5.32 Å². The number of phosphoric acid groups is 1. The molecule has 15 heteroatoms. The highest BCUT2D eigenvalue weighted by atomic mass is 31.2. The number of phosphoric ester groups is 1. The number of carbonyl (C=O) groups is 3. The Bertz CT molecular complexity index is 759. The highest BCUT2D eigenvalue weighted by Crippen LogP contribution is 2.42. The van der Waals surface area contributed by atoms with Gasteiger partial charge in [0.1, 0.15) is 18.3 Å². The quantitative estimate of drug-likeness (QED) is 0.314. The number of hydrogen-bond acceptors (Lipinski definition) is 8. The number of rotatable bonds is 4. The first-order chi connectivity index (χ1) is 11.6. The molecule has 0 unspecified atom stereocenters. The summed E-state index contributed by atoms with van der Waals surface area (Å²) in [6, 6.07) is -2.18. The third-order valence-electron chi connectivity index (χ3n) is 3.50. The fourth-order valence-corrected chi connectivity index (χ4v) is 3.12. The fourth-order valence-electron chi connectivity index (χ4n) is 2.54. The van der Waals surface area contributed by atoms with Crippen LogP contribution in [0, 0.1) is 0 Å². The summed E-state index contributed by atoms with van der Waals surface area (Å²) in [7, 11) is -5.06. The van der Waals surface area contributed by atoms with Crippen molar-refractivity contribution in [1.29, 1.82) is 0 Å². The Balaban J connectivity index is 1.92. The van der Waals surface area contributed by atoms with Crippen molar-refractivity contribution in [3.05, 3.63) is 0 Å². The molecule has 3 heterocycles. The molecule has 0 spiro atoms. The number of nitrogens with one attached hydrogen (secondary N) is 1. The Labute approximate surface area is 138 Å². The van der Waals surface area contributed by atoms with Crippen LogP contribution in [-0.4, -0.2) is 85.6 Å². The summed E-state index contributed by atoms with van der Waals surface area (Å²) in [6.45, 7) is -0.806. The van der Waals surface area contributed by atoms with Gasteiger partial charge >= 0.3 is 19.9 Å². The smallest absolute Gasteiger partial charge is 0.394 e. The fraction of sp³-hybridized carbons (Fsp3) is 0.500. The minimum Gasteiger partial charge on any atom is -0.394 e. The van der Waals surface area contributed by atoms with E-state index in [9.17, 15) is 29.2 Å². The summed E-state index contributed by atoms with van der Waals surface area (Å²) in [5, 5.41) is 21.3. The number of urea groups is 2. The van der Waals surface area contributed by atoms with E-state index in [0.29, 0.717) is 4.90 Å². The molecule has 3 aliphatic heterocycles. The van der Waals surface area contributed by atoms with Crippen molar-refractivity contribution in [1.82, 2.24) is 10.2 Å².